The van der Waals surface area contributed by atoms with Gasteiger partial charge in [0.2, 0.25) is 17.7 Å². The summed E-state index contributed by atoms with van der Waals surface area (Å²) in [4.78, 5) is 63.5. The van der Waals surface area contributed by atoms with Crippen molar-refractivity contribution in [2.75, 3.05) is 68.5 Å². The van der Waals surface area contributed by atoms with E-state index in [1.807, 2.05) is 38.0 Å². The van der Waals surface area contributed by atoms with Crippen LogP contribution in [0.1, 0.15) is 160 Å². The Bertz CT molecular complexity index is 1490. The highest BCUT2D eigenvalue weighted by atomic mass is 16.5. The first-order valence-corrected chi connectivity index (χ1v) is 20.9. The third kappa shape index (κ3) is 17.6. The zero-order valence-electron chi connectivity index (χ0n) is 35.3. The van der Waals surface area contributed by atoms with Gasteiger partial charge in [-0.1, -0.05) is 100 Å². The van der Waals surface area contributed by atoms with Crippen molar-refractivity contribution in [3.05, 3.63) is 23.4 Å². The number of rotatable bonds is 22. The van der Waals surface area contributed by atoms with Crippen molar-refractivity contribution in [1.29, 1.82) is 0 Å². The lowest BCUT2D eigenvalue weighted by atomic mass is 9.84. The molecule has 0 unspecified atom stereocenters. The molecule has 3 N–H and O–H groups in total. The molecule has 17 heteroatoms. The smallest absolute Gasteiger partial charge is 0.304 e. The Balaban J connectivity index is 0.000000306. The van der Waals surface area contributed by atoms with Crippen LogP contribution in [0.4, 0.5) is 0 Å². The lowest BCUT2D eigenvalue weighted by Crippen LogP contribution is -2.34. The molecule has 0 aromatic carbocycles. The minimum atomic E-state index is -0.892. The number of aliphatic carboxylic acids is 1. The lowest BCUT2D eigenvalue weighted by molar-refractivity contribution is -0.137. The molecule has 4 rings (SSSR count). The molecule has 17 nitrogen and oxygen atoms in total. The molecule has 2 aromatic heterocycles. The topological polar surface area (TPSA) is 212 Å². The van der Waals surface area contributed by atoms with Gasteiger partial charge >= 0.3 is 5.97 Å². The van der Waals surface area contributed by atoms with Gasteiger partial charge in [0.1, 0.15) is 0 Å². The van der Waals surface area contributed by atoms with E-state index >= 15 is 0 Å². The summed E-state index contributed by atoms with van der Waals surface area (Å²) in [5.41, 5.74) is 1.67. The lowest BCUT2D eigenvalue weighted by Gasteiger charge is -2.22. The monoisotopic (exact) mass is 804 g/mol. The van der Waals surface area contributed by atoms with Crippen molar-refractivity contribution in [3.63, 3.8) is 0 Å². The second-order valence-electron chi connectivity index (χ2n) is 16.6. The number of amides is 3. The van der Waals surface area contributed by atoms with E-state index in [2.05, 4.69) is 20.3 Å². The minimum absolute atomic E-state index is 0.000995. The summed E-state index contributed by atoms with van der Waals surface area (Å²) in [7, 11) is 11.1. The van der Waals surface area contributed by atoms with Crippen LogP contribution in [0.2, 0.25) is 0 Å². The summed E-state index contributed by atoms with van der Waals surface area (Å²) in [6.07, 6.45) is 18.5. The van der Waals surface area contributed by atoms with Crippen LogP contribution in [0.15, 0.2) is 9.05 Å². The summed E-state index contributed by atoms with van der Waals surface area (Å²) in [6, 6.07) is 0. The van der Waals surface area contributed by atoms with Crippen LogP contribution >= 0.6 is 0 Å². The Hall–Kier alpha value is -3.96. The number of nitrogens with zero attached hydrogens (tertiary/aromatic N) is 8. The van der Waals surface area contributed by atoms with Crippen LogP contribution in [0.3, 0.4) is 0 Å². The SMILES string of the molecule is CN(C)CCN(C)C(=O)c1noc([C@H](CCCC2CCCCC2)CC(=O)NO)n1.CN(C)CCN(C)C(=O)c1noc([C@H](CCCC2CCCCC2)CC(=O)O)n1. The average molecular weight is 804 g/mol. The van der Waals surface area contributed by atoms with Crippen LogP contribution in [-0.4, -0.2) is 142 Å². The van der Waals surface area contributed by atoms with Gasteiger partial charge < -0.3 is 33.8 Å². The van der Waals surface area contributed by atoms with E-state index < -0.39 is 11.9 Å². The molecule has 0 radical (unpaired) electrons. The van der Waals surface area contributed by atoms with Crippen molar-refractivity contribution in [1.82, 2.24) is 45.4 Å². The maximum Gasteiger partial charge on any atom is 0.304 e. The molecule has 3 amide bonds. The number of carbonyl (C=O) groups is 4. The number of hydrogen-bond donors (Lipinski definition) is 3. The van der Waals surface area contributed by atoms with Crippen LogP contribution in [-0.2, 0) is 9.59 Å². The normalized spacial score (nSPS) is 16.2. The van der Waals surface area contributed by atoms with Crippen LogP contribution in [0.25, 0.3) is 0 Å². The Morgan fingerprint density at radius 1 is 0.649 bits per heavy atom. The fourth-order valence-corrected chi connectivity index (χ4v) is 7.58. The van der Waals surface area contributed by atoms with Crippen molar-refractivity contribution in [3.8, 4) is 0 Å². The molecule has 2 aromatic rings. The molecule has 0 saturated heterocycles. The molecule has 2 heterocycles. The van der Waals surface area contributed by atoms with Gasteiger partial charge in [0.15, 0.2) is 0 Å². The molecular formula is C40H69N9O8. The number of carboxylic acid groups (broad SMARTS) is 1. The number of hydroxylamine groups is 1. The third-order valence-corrected chi connectivity index (χ3v) is 11.2. The van der Waals surface area contributed by atoms with Gasteiger partial charge in [-0.3, -0.25) is 24.4 Å². The van der Waals surface area contributed by atoms with E-state index in [0.717, 1.165) is 50.6 Å². The maximum absolute atomic E-state index is 12.5. The number of carboxylic acids is 1. The van der Waals surface area contributed by atoms with E-state index in [1.54, 1.807) is 29.4 Å². The molecule has 2 saturated carbocycles. The maximum atomic E-state index is 12.5. The fraction of sp³-hybridized carbons (Fsp3) is 0.800. The van der Waals surface area contributed by atoms with E-state index in [9.17, 15) is 24.3 Å². The molecule has 2 atom stereocenters. The second-order valence-corrected chi connectivity index (χ2v) is 16.6. The zero-order chi connectivity index (χ0) is 41.7. The molecular weight excluding hydrogens is 734 g/mol. The van der Waals surface area contributed by atoms with Gasteiger partial charge in [-0.2, -0.15) is 9.97 Å². The predicted octanol–water partition coefficient (Wildman–Crippen LogP) is 5.45. The van der Waals surface area contributed by atoms with Gasteiger partial charge in [0.25, 0.3) is 23.5 Å². The predicted molar refractivity (Wildman–Crippen MR) is 213 cm³/mol. The highest BCUT2D eigenvalue weighted by Gasteiger charge is 2.28. The Morgan fingerprint density at radius 2 is 1.05 bits per heavy atom. The van der Waals surface area contributed by atoms with Gasteiger partial charge in [0, 0.05) is 58.5 Å². The summed E-state index contributed by atoms with van der Waals surface area (Å²) in [5.74, 6) is -0.625. The summed E-state index contributed by atoms with van der Waals surface area (Å²) >= 11 is 0. The van der Waals surface area contributed by atoms with Crippen LogP contribution in [0, 0.1) is 11.8 Å². The second kappa shape index (κ2) is 25.4. The Kier molecular flexibility index (Phi) is 21.1. The fourth-order valence-electron chi connectivity index (χ4n) is 7.58. The van der Waals surface area contributed by atoms with E-state index in [1.165, 1.54) is 64.2 Å². The van der Waals surface area contributed by atoms with E-state index in [0.29, 0.717) is 25.9 Å². The third-order valence-electron chi connectivity index (χ3n) is 11.2. The molecule has 2 fully saturated rings. The van der Waals surface area contributed by atoms with Gasteiger partial charge in [0.05, 0.1) is 6.42 Å². The summed E-state index contributed by atoms with van der Waals surface area (Å²) in [6.45, 7) is 2.56. The number of nitrogens with one attached hydrogen (secondary N) is 1. The van der Waals surface area contributed by atoms with Crippen LogP contribution < -0.4 is 5.48 Å². The zero-order valence-corrected chi connectivity index (χ0v) is 35.3. The summed E-state index contributed by atoms with van der Waals surface area (Å²) in [5, 5.41) is 25.8. The molecule has 0 aliphatic heterocycles. The largest absolute Gasteiger partial charge is 0.481 e. The number of hydrogen-bond acceptors (Lipinski definition) is 13. The standard InChI is InChI=1S/C20H35N5O4.C20H34N4O4/c1-24(2)12-13-25(3)20(27)18-21-19(29-23-18)16(14-17(26)22-28)11-7-10-15-8-5-4-6-9-15;1-23(2)12-13-24(3)20(27)18-21-19(28-22-18)16(14-17(25)26)11-7-10-15-8-5-4-6-9-15/h15-16,28H,4-14H2,1-3H3,(H,22,26);15-16H,4-14H2,1-3H3,(H,25,26)/t2*16-/m11/s1. The summed E-state index contributed by atoms with van der Waals surface area (Å²) < 4.78 is 10.6. The Morgan fingerprint density at radius 3 is 1.42 bits per heavy atom. The minimum Gasteiger partial charge on any atom is -0.481 e. The number of aromatic nitrogens is 4. The van der Waals surface area contributed by atoms with E-state index in [-0.39, 0.29) is 59.9 Å². The highest BCUT2D eigenvalue weighted by molar-refractivity contribution is 5.90. The number of carbonyl (C=O) groups excluding carboxylic acids is 3. The van der Waals surface area contributed by atoms with Gasteiger partial charge in [-0.05, 0) is 52.9 Å². The Labute approximate surface area is 338 Å². The highest BCUT2D eigenvalue weighted by Crippen LogP contribution is 2.32. The molecule has 0 spiro atoms. The molecule has 2 aliphatic rings. The van der Waals surface area contributed by atoms with Gasteiger partial charge in [-0.15, -0.1) is 0 Å². The van der Waals surface area contributed by atoms with Crippen molar-refractivity contribution < 1.29 is 38.5 Å². The van der Waals surface area contributed by atoms with Crippen LogP contribution in [0.5, 0.6) is 0 Å². The van der Waals surface area contributed by atoms with E-state index in [4.69, 9.17) is 14.3 Å². The first kappa shape index (κ1) is 47.4. The first-order valence-electron chi connectivity index (χ1n) is 20.9. The quantitative estimate of drug-likeness (QED) is 0.0999. The molecule has 322 valence electrons. The molecule has 2 aliphatic carbocycles. The molecule has 0 bridgehead atoms. The van der Waals surface area contributed by atoms with Crippen molar-refractivity contribution in [2.45, 2.75) is 127 Å². The number of likely N-dealkylation sites (N-methyl/N-ethyl adjacent to an activating group) is 4. The van der Waals surface area contributed by atoms with Crippen molar-refractivity contribution in [2.24, 2.45) is 11.8 Å². The van der Waals surface area contributed by atoms with Gasteiger partial charge in [-0.25, -0.2) is 5.48 Å². The van der Waals surface area contributed by atoms with Crippen molar-refractivity contribution >= 4 is 23.7 Å². The molecule has 57 heavy (non-hydrogen) atoms. The first-order chi connectivity index (χ1) is 27.3. The average Bonchev–Trinajstić information content (AvgIpc) is 3.90.